The third-order valence-corrected chi connectivity index (χ3v) is 3.58. The largest absolute Gasteiger partial charge is 0.481 e. The molecule has 0 bridgehead atoms. The Morgan fingerprint density at radius 2 is 2.05 bits per heavy atom. The van der Waals surface area contributed by atoms with Gasteiger partial charge < -0.3 is 10.1 Å². The number of rotatable bonds is 6. The topological polar surface area (TPSA) is 47.0 Å². The van der Waals surface area contributed by atoms with Crippen LogP contribution in [0.1, 0.15) is 6.92 Å². The Bertz CT molecular complexity index is 507. The van der Waals surface area contributed by atoms with Crippen LogP contribution in [-0.2, 0) is 0 Å². The molecule has 0 aliphatic heterocycles. The van der Waals surface area contributed by atoms with Gasteiger partial charge in [-0.1, -0.05) is 25.1 Å². The molecule has 0 radical (unpaired) electrons. The van der Waals surface area contributed by atoms with Crippen LogP contribution in [-0.4, -0.2) is 28.9 Å². The molecule has 1 unspecified atom stereocenters. The molecule has 0 spiro atoms. The van der Waals surface area contributed by atoms with Gasteiger partial charge in [0.15, 0.2) is 0 Å². The Balaban J connectivity index is 1.84. The number of anilines is 1. The number of aromatic nitrogens is 2. The van der Waals surface area contributed by atoms with Gasteiger partial charge in [0.25, 0.3) is 0 Å². The van der Waals surface area contributed by atoms with Crippen LogP contribution in [0.2, 0.25) is 0 Å². The van der Waals surface area contributed by atoms with Crippen molar-refractivity contribution in [1.29, 1.82) is 0 Å². The Kier molecular flexibility index (Phi) is 5.03. The molecule has 1 aromatic carbocycles. The van der Waals surface area contributed by atoms with E-state index >= 15 is 0 Å². The number of methoxy groups -OCH3 is 1. The molecule has 2 rings (SSSR count). The number of hydrogen-bond acceptors (Lipinski definition) is 5. The maximum Gasteiger partial charge on any atom is 0.225 e. The lowest BCUT2D eigenvalue weighted by Crippen LogP contribution is -2.14. The van der Waals surface area contributed by atoms with E-state index in [1.54, 1.807) is 19.4 Å². The van der Waals surface area contributed by atoms with E-state index in [2.05, 4.69) is 34.3 Å². The van der Waals surface area contributed by atoms with Gasteiger partial charge in [0.2, 0.25) is 11.8 Å². The standard InChI is InChI=1S/C14H17N3OS/c1-11(19-12-6-4-3-5-7-12)10-16-14-15-9-8-13(17-14)18-2/h3-9,11H,10H2,1-2H3,(H,15,16,17). The molecule has 1 heterocycles. The van der Waals surface area contributed by atoms with Gasteiger partial charge in [-0.25, -0.2) is 4.98 Å². The summed E-state index contributed by atoms with van der Waals surface area (Å²) < 4.78 is 5.06. The summed E-state index contributed by atoms with van der Waals surface area (Å²) in [6, 6.07) is 12.1. The molecule has 0 fully saturated rings. The molecule has 0 aliphatic rings. The van der Waals surface area contributed by atoms with Crippen LogP contribution in [0.4, 0.5) is 5.95 Å². The molecule has 2 aromatic rings. The predicted molar refractivity (Wildman–Crippen MR) is 78.8 cm³/mol. The van der Waals surface area contributed by atoms with Crippen molar-refractivity contribution in [1.82, 2.24) is 9.97 Å². The highest BCUT2D eigenvalue weighted by Crippen LogP contribution is 2.22. The van der Waals surface area contributed by atoms with E-state index in [0.29, 0.717) is 17.1 Å². The number of benzene rings is 1. The second-order valence-corrected chi connectivity index (χ2v) is 5.56. The summed E-state index contributed by atoms with van der Waals surface area (Å²) in [6.07, 6.45) is 1.68. The maximum atomic E-state index is 5.06. The number of ether oxygens (including phenoxy) is 1. The first kappa shape index (κ1) is 13.7. The summed E-state index contributed by atoms with van der Waals surface area (Å²) in [5.41, 5.74) is 0. The van der Waals surface area contributed by atoms with Crippen molar-refractivity contribution in [2.24, 2.45) is 0 Å². The van der Waals surface area contributed by atoms with Crippen molar-refractivity contribution >= 4 is 17.7 Å². The van der Waals surface area contributed by atoms with Crippen molar-refractivity contribution in [3.8, 4) is 5.88 Å². The van der Waals surface area contributed by atoms with Gasteiger partial charge in [-0.3, -0.25) is 0 Å². The maximum absolute atomic E-state index is 5.06. The van der Waals surface area contributed by atoms with Crippen LogP contribution >= 0.6 is 11.8 Å². The van der Waals surface area contributed by atoms with Crippen LogP contribution in [0.3, 0.4) is 0 Å². The molecule has 1 N–H and O–H groups in total. The van der Waals surface area contributed by atoms with Gasteiger partial charge in [-0.05, 0) is 12.1 Å². The normalized spacial score (nSPS) is 11.9. The highest BCUT2D eigenvalue weighted by atomic mass is 32.2. The lowest BCUT2D eigenvalue weighted by Gasteiger charge is -2.12. The van der Waals surface area contributed by atoms with Crippen molar-refractivity contribution in [3.05, 3.63) is 42.6 Å². The second kappa shape index (κ2) is 6.99. The Labute approximate surface area is 117 Å². The quantitative estimate of drug-likeness (QED) is 0.821. The summed E-state index contributed by atoms with van der Waals surface area (Å²) in [5.74, 6) is 1.17. The lowest BCUT2D eigenvalue weighted by molar-refractivity contribution is 0.397. The highest BCUT2D eigenvalue weighted by Gasteiger charge is 2.05. The zero-order valence-electron chi connectivity index (χ0n) is 11.0. The molecule has 1 aromatic heterocycles. The van der Waals surface area contributed by atoms with Crippen LogP contribution < -0.4 is 10.1 Å². The molecular weight excluding hydrogens is 258 g/mol. The van der Waals surface area contributed by atoms with E-state index in [0.717, 1.165) is 6.54 Å². The molecule has 19 heavy (non-hydrogen) atoms. The molecule has 0 saturated carbocycles. The minimum absolute atomic E-state index is 0.428. The zero-order valence-corrected chi connectivity index (χ0v) is 11.9. The van der Waals surface area contributed by atoms with Gasteiger partial charge in [-0.15, -0.1) is 11.8 Å². The van der Waals surface area contributed by atoms with Crippen LogP contribution in [0.5, 0.6) is 5.88 Å². The van der Waals surface area contributed by atoms with E-state index < -0.39 is 0 Å². The molecule has 0 saturated heterocycles. The molecular formula is C14H17N3OS. The zero-order chi connectivity index (χ0) is 13.5. The summed E-state index contributed by atoms with van der Waals surface area (Å²) in [4.78, 5) is 9.64. The highest BCUT2D eigenvalue weighted by molar-refractivity contribution is 8.00. The second-order valence-electron chi connectivity index (χ2n) is 4.05. The van der Waals surface area contributed by atoms with E-state index in [9.17, 15) is 0 Å². The molecule has 1 atom stereocenters. The van der Waals surface area contributed by atoms with E-state index in [-0.39, 0.29) is 0 Å². The summed E-state index contributed by atoms with van der Waals surface area (Å²) in [6.45, 7) is 2.97. The third kappa shape index (κ3) is 4.44. The van der Waals surface area contributed by atoms with Crippen LogP contribution in [0.25, 0.3) is 0 Å². The predicted octanol–water partition coefficient (Wildman–Crippen LogP) is 3.08. The van der Waals surface area contributed by atoms with E-state index in [1.165, 1.54) is 4.90 Å². The monoisotopic (exact) mass is 275 g/mol. The number of nitrogens with one attached hydrogen (secondary N) is 1. The summed E-state index contributed by atoms with van der Waals surface area (Å²) >= 11 is 1.82. The number of thioether (sulfide) groups is 1. The molecule has 4 nitrogen and oxygen atoms in total. The molecule has 100 valence electrons. The average molecular weight is 275 g/mol. The fourth-order valence-corrected chi connectivity index (χ4v) is 2.49. The minimum atomic E-state index is 0.428. The van der Waals surface area contributed by atoms with Crippen molar-refractivity contribution < 1.29 is 4.74 Å². The lowest BCUT2D eigenvalue weighted by atomic mass is 10.4. The first-order valence-electron chi connectivity index (χ1n) is 6.10. The van der Waals surface area contributed by atoms with Gasteiger partial charge in [0.05, 0.1) is 7.11 Å². The summed E-state index contributed by atoms with van der Waals surface area (Å²) in [7, 11) is 1.60. The van der Waals surface area contributed by atoms with Gasteiger partial charge >= 0.3 is 0 Å². The van der Waals surface area contributed by atoms with Crippen LogP contribution in [0.15, 0.2) is 47.5 Å². The smallest absolute Gasteiger partial charge is 0.225 e. The first-order chi connectivity index (χ1) is 9.28. The SMILES string of the molecule is COc1ccnc(NCC(C)Sc2ccccc2)n1. The average Bonchev–Trinajstić information content (AvgIpc) is 2.46. The van der Waals surface area contributed by atoms with Gasteiger partial charge in [0.1, 0.15) is 0 Å². The number of hydrogen-bond donors (Lipinski definition) is 1. The Morgan fingerprint density at radius 1 is 1.26 bits per heavy atom. The van der Waals surface area contributed by atoms with Crippen molar-refractivity contribution in [2.75, 3.05) is 19.0 Å². The fourth-order valence-electron chi connectivity index (χ4n) is 1.55. The first-order valence-corrected chi connectivity index (χ1v) is 6.98. The third-order valence-electron chi connectivity index (χ3n) is 2.47. The van der Waals surface area contributed by atoms with E-state index in [1.807, 2.05) is 30.0 Å². The molecule has 5 heteroatoms. The van der Waals surface area contributed by atoms with Gasteiger partial charge in [-0.2, -0.15) is 4.98 Å². The number of nitrogens with zero attached hydrogens (tertiary/aromatic N) is 2. The Hall–Kier alpha value is -1.75. The fraction of sp³-hybridized carbons (Fsp3) is 0.286. The van der Waals surface area contributed by atoms with Crippen molar-refractivity contribution in [3.63, 3.8) is 0 Å². The van der Waals surface area contributed by atoms with Crippen molar-refractivity contribution in [2.45, 2.75) is 17.1 Å². The van der Waals surface area contributed by atoms with E-state index in [4.69, 9.17) is 4.74 Å². The van der Waals surface area contributed by atoms with Gasteiger partial charge in [0, 0.05) is 29.0 Å². The van der Waals surface area contributed by atoms with Crippen LogP contribution in [0, 0.1) is 0 Å². The minimum Gasteiger partial charge on any atom is -0.481 e. The molecule has 0 aliphatic carbocycles. The Morgan fingerprint density at radius 3 is 2.79 bits per heavy atom. The summed E-state index contributed by atoms with van der Waals surface area (Å²) in [5, 5.41) is 3.64. The molecule has 0 amide bonds.